The summed E-state index contributed by atoms with van der Waals surface area (Å²) < 4.78 is 5.34. The fraction of sp³-hybridized carbons (Fsp3) is 0.938. The van der Waals surface area contributed by atoms with E-state index in [9.17, 15) is 4.79 Å². The third kappa shape index (κ3) is 8.54. The number of unbranched alkanes of at least 4 members (excludes halogenated alkanes) is 1. The summed E-state index contributed by atoms with van der Waals surface area (Å²) in [4.78, 5) is 11.2. The van der Waals surface area contributed by atoms with E-state index in [4.69, 9.17) is 4.74 Å². The van der Waals surface area contributed by atoms with Crippen LogP contribution in [0.15, 0.2) is 0 Å². The molecule has 0 aliphatic rings. The van der Waals surface area contributed by atoms with Crippen molar-refractivity contribution in [1.82, 2.24) is 0 Å². The highest BCUT2D eigenvalue weighted by molar-refractivity contribution is 5.69. The number of carbonyl (C=O) groups excluding carboxylic acids is 1. The molecule has 0 N–H and O–H groups in total. The van der Waals surface area contributed by atoms with Gasteiger partial charge in [0.25, 0.3) is 0 Å². The first-order chi connectivity index (χ1) is 8.51. The van der Waals surface area contributed by atoms with Gasteiger partial charge >= 0.3 is 5.97 Å². The number of hydrogen-bond donors (Lipinski definition) is 0. The molecule has 0 aromatic carbocycles. The lowest BCUT2D eigenvalue weighted by Crippen LogP contribution is -2.21. The summed E-state index contributed by atoms with van der Waals surface area (Å²) in [6, 6.07) is 0. The van der Waals surface area contributed by atoms with E-state index >= 15 is 0 Å². The smallest absolute Gasteiger partial charge is 0.305 e. The van der Waals surface area contributed by atoms with Crippen LogP contribution in [0.2, 0.25) is 0 Å². The van der Waals surface area contributed by atoms with E-state index in [0.717, 1.165) is 12.3 Å². The number of ether oxygens (including phenoxy) is 1. The van der Waals surface area contributed by atoms with E-state index in [2.05, 4.69) is 20.8 Å². The quantitative estimate of drug-likeness (QED) is 0.516. The predicted molar refractivity (Wildman–Crippen MR) is 77.5 cm³/mol. The lowest BCUT2D eigenvalue weighted by atomic mass is 9.93. The van der Waals surface area contributed by atoms with Crippen molar-refractivity contribution < 1.29 is 9.53 Å². The molecule has 0 aromatic rings. The Balaban J connectivity index is 3.68. The molecule has 108 valence electrons. The molecule has 0 aromatic heterocycles. The molecule has 0 radical (unpaired) electrons. The lowest BCUT2D eigenvalue weighted by molar-refractivity contribution is -0.150. The van der Waals surface area contributed by atoms with Gasteiger partial charge in [-0.2, -0.15) is 0 Å². The van der Waals surface area contributed by atoms with Crippen LogP contribution in [0.1, 0.15) is 79.6 Å². The highest BCUT2D eigenvalue weighted by Crippen LogP contribution is 2.20. The summed E-state index contributed by atoms with van der Waals surface area (Å²) in [5.41, 5.74) is 0. The van der Waals surface area contributed by atoms with Gasteiger partial charge in [-0.05, 0) is 25.2 Å². The van der Waals surface area contributed by atoms with Gasteiger partial charge < -0.3 is 4.74 Å². The maximum Gasteiger partial charge on any atom is 0.305 e. The Kier molecular flexibility index (Phi) is 10.1. The van der Waals surface area contributed by atoms with E-state index in [1.165, 1.54) is 32.1 Å². The van der Waals surface area contributed by atoms with Crippen molar-refractivity contribution in [2.45, 2.75) is 85.7 Å². The van der Waals surface area contributed by atoms with Gasteiger partial charge in [0.05, 0.1) is 0 Å². The van der Waals surface area contributed by atoms with E-state index < -0.39 is 0 Å². The molecule has 0 fully saturated rings. The average Bonchev–Trinajstić information content (AvgIpc) is 2.35. The maximum absolute atomic E-state index is 11.2. The first-order valence-electron chi connectivity index (χ1n) is 7.70. The van der Waals surface area contributed by atoms with E-state index in [-0.39, 0.29) is 12.1 Å². The predicted octanol–water partition coefficient (Wildman–Crippen LogP) is 4.96. The van der Waals surface area contributed by atoms with Gasteiger partial charge in [0.2, 0.25) is 0 Å². The van der Waals surface area contributed by atoms with Crippen LogP contribution in [-0.2, 0) is 9.53 Å². The fourth-order valence-electron chi connectivity index (χ4n) is 2.13. The molecule has 18 heavy (non-hydrogen) atoms. The summed E-state index contributed by atoms with van der Waals surface area (Å²) in [6.07, 6.45) is 8.25. The molecule has 0 bridgehead atoms. The first kappa shape index (κ1) is 17.5. The second-order valence-electron chi connectivity index (χ2n) is 5.70. The van der Waals surface area contributed by atoms with E-state index in [1.54, 1.807) is 0 Å². The van der Waals surface area contributed by atoms with Crippen molar-refractivity contribution in [1.29, 1.82) is 0 Å². The first-order valence-corrected chi connectivity index (χ1v) is 7.70. The summed E-state index contributed by atoms with van der Waals surface area (Å²) in [5.74, 6) is 1.23. The van der Waals surface area contributed by atoms with Gasteiger partial charge in [-0.25, -0.2) is 0 Å². The standard InChI is InChI=1S/C16H32O2/c1-6-8-10-13(3)11-9-12-14(4)15(5)18-16(17)7-2/h13-15H,6-12H2,1-5H3/t13-,14-,15+/m1/s1. The van der Waals surface area contributed by atoms with Crippen molar-refractivity contribution >= 4 is 5.97 Å². The van der Waals surface area contributed by atoms with Crippen LogP contribution in [0.5, 0.6) is 0 Å². The van der Waals surface area contributed by atoms with Crippen LogP contribution < -0.4 is 0 Å². The Hall–Kier alpha value is -0.530. The van der Waals surface area contributed by atoms with Gasteiger partial charge in [0, 0.05) is 6.42 Å². The van der Waals surface area contributed by atoms with Crippen LogP contribution in [0, 0.1) is 11.8 Å². The van der Waals surface area contributed by atoms with Crippen molar-refractivity contribution in [3.63, 3.8) is 0 Å². The zero-order chi connectivity index (χ0) is 14.0. The Morgan fingerprint density at radius 2 is 1.61 bits per heavy atom. The van der Waals surface area contributed by atoms with E-state index in [1.807, 2.05) is 13.8 Å². The lowest BCUT2D eigenvalue weighted by Gasteiger charge is -2.21. The van der Waals surface area contributed by atoms with Crippen molar-refractivity contribution in [2.24, 2.45) is 11.8 Å². The van der Waals surface area contributed by atoms with Crippen molar-refractivity contribution in [2.75, 3.05) is 0 Å². The number of hydrogen-bond acceptors (Lipinski definition) is 2. The topological polar surface area (TPSA) is 26.3 Å². The number of rotatable bonds is 10. The highest BCUT2D eigenvalue weighted by Gasteiger charge is 2.15. The second-order valence-corrected chi connectivity index (χ2v) is 5.70. The normalized spacial score (nSPS) is 16.1. The van der Waals surface area contributed by atoms with Crippen molar-refractivity contribution in [3.8, 4) is 0 Å². The Morgan fingerprint density at radius 1 is 1.00 bits per heavy atom. The molecule has 0 aliphatic carbocycles. The molecular weight excluding hydrogens is 224 g/mol. The molecule has 0 spiro atoms. The zero-order valence-corrected chi connectivity index (χ0v) is 13.0. The Bertz CT molecular complexity index is 213. The summed E-state index contributed by atoms with van der Waals surface area (Å²) in [7, 11) is 0. The molecule has 0 unspecified atom stereocenters. The van der Waals surface area contributed by atoms with Crippen LogP contribution in [0.25, 0.3) is 0 Å². The summed E-state index contributed by atoms with van der Waals surface area (Å²) in [6.45, 7) is 10.6. The second kappa shape index (κ2) is 10.4. The average molecular weight is 256 g/mol. The molecule has 3 atom stereocenters. The molecule has 0 heterocycles. The fourth-order valence-corrected chi connectivity index (χ4v) is 2.13. The number of carbonyl (C=O) groups is 1. The minimum absolute atomic E-state index is 0.0587. The van der Waals surface area contributed by atoms with Crippen LogP contribution in [0.4, 0.5) is 0 Å². The van der Waals surface area contributed by atoms with Gasteiger partial charge in [0.1, 0.15) is 6.10 Å². The Morgan fingerprint density at radius 3 is 2.17 bits per heavy atom. The largest absolute Gasteiger partial charge is 0.462 e. The van der Waals surface area contributed by atoms with E-state index in [0.29, 0.717) is 12.3 Å². The minimum atomic E-state index is -0.0781. The summed E-state index contributed by atoms with van der Waals surface area (Å²) in [5, 5.41) is 0. The number of esters is 1. The van der Waals surface area contributed by atoms with Gasteiger partial charge in [-0.1, -0.05) is 59.8 Å². The monoisotopic (exact) mass is 256 g/mol. The summed E-state index contributed by atoms with van der Waals surface area (Å²) >= 11 is 0. The third-order valence-corrected chi connectivity index (χ3v) is 3.81. The molecule has 0 saturated carbocycles. The molecule has 0 aliphatic heterocycles. The maximum atomic E-state index is 11.2. The zero-order valence-electron chi connectivity index (χ0n) is 13.0. The van der Waals surface area contributed by atoms with Crippen LogP contribution in [0.3, 0.4) is 0 Å². The molecule has 0 amide bonds. The molecule has 0 rings (SSSR count). The van der Waals surface area contributed by atoms with Crippen LogP contribution in [-0.4, -0.2) is 12.1 Å². The Labute approximate surface area is 113 Å². The highest BCUT2D eigenvalue weighted by atomic mass is 16.5. The SMILES string of the molecule is CCCC[C@@H](C)CCC[C@@H](C)[C@H](C)OC(=O)CC. The molecular formula is C16H32O2. The third-order valence-electron chi connectivity index (χ3n) is 3.81. The molecule has 2 nitrogen and oxygen atoms in total. The minimum Gasteiger partial charge on any atom is -0.462 e. The van der Waals surface area contributed by atoms with Crippen molar-refractivity contribution in [3.05, 3.63) is 0 Å². The molecule has 2 heteroatoms. The molecule has 0 saturated heterocycles. The van der Waals surface area contributed by atoms with Gasteiger partial charge in [0.15, 0.2) is 0 Å². The van der Waals surface area contributed by atoms with Gasteiger partial charge in [-0.15, -0.1) is 0 Å². The van der Waals surface area contributed by atoms with Crippen LogP contribution >= 0.6 is 0 Å². The van der Waals surface area contributed by atoms with Gasteiger partial charge in [-0.3, -0.25) is 4.79 Å².